The first kappa shape index (κ1) is 17.6. The van der Waals surface area contributed by atoms with Crippen molar-refractivity contribution >= 4 is 17.2 Å². The number of nitrogens with zero attached hydrogens (tertiary/aromatic N) is 1. The Morgan fingerprint density at radius 3 is 2.85 bits per heavy atom. The standard InChI is InChI=1S/C21H26N2O2S/c1-25-18-5-3-2-4-17(18)12-20(24)23(14-16-6-11-26-15-16)19-13-21(19)7-9-22-10-8-21/h2-6,11,15,19,22H,7-10,12-14H2,1H3/t19-/m0/s1. The van der Waals surface area contributed by atoms with Gasteiger partial charge in [0.1, 0.15) is 5.75 Å². The number of nitrogens with one attached hydrogen (secondary N) is 1. The summed E-state index contributed by atoms with van der Waals surface area (Å²) in [6.07, 6.45) is 3.91. The molecule has 4 nitrogen and oxygen atoms in total. The number of methoxy groups -OCH3 is 1. The zero-order valence-corrected chi connectivity index (χ0v) is 16.1. The van der Waals surface area contributed by atoms with Crippen molar-refractivity contribution in [1.82, 2.24) is 10.2 Å². The fourth-order valence-electron chi connectivity index (χ4n) is 4.29. The summed E-state index contributed by atoms with van der Waals surface area (Å²) >= 11 is 1.69. The Morgan fingerprint density at radius 1 is 1.31 bits per heavy atom. The van der Waals surface area contributed by atoms with Crippen molar-refractivity contribution in [3.05, 3.63) is 52.2 Å². The predicted octanol–water partition coefficient (Wildman–Crippen LogP) is 3.47. The van der Waals surface area contributed by atoms with Gasteiger partial charge in [-0.05, 0) is 66.2 Å². The molecule has 1 spiro atoms. The van der Waals surface area contributed by atoms with Gasteiger partial charge in [-0.25, -0.2) is 0 Å². The topological polar surface area (TPSA) is 41.6 Å². The fourth-order valence-corrected chi connectivity index (χ4v) is 4.95. The van der Waals surface area contributed by atoms with Gasteiger partial charge in [-0.2, -0.15) is 11.3 Å². The molecule has 138 valence electrons. The van der Waals surface area contributed by atoms with E-state index in [-0.39, 0.29) is 5.91 Å². The quantitative estimate of drug-likeness (QED) is 0.847. The third-order valence-electron chi connectivity index (χ3n) is 5.91. The van der Waals surface area contributed by atoms with E-state index in [0.29, 0.717) is 17.9 Å². The number of ether oxygens (including phenoxy) is 1. The van der Waals surface area contributed by atoms with Crippen LogP contribution in [0.2, 0.25) is 0 Å². The number of benzene rings is 1. The third-order valence-corrected chi connectivity index (χ3v) is 6.64. The SMILES string of the molecule is COc1ccccc1CC(=O)N(Cc1ccsc1)[C@H]1CC12CCNCC2. The molecule has 2 aliphatic rings. The molecule has 1 atom stereocenters. The molecule has 1 saturated carbocycles. The van der Waals surface area contributed by atoms with E-state index in [4.69, 9.17) is 4.74 Å². The zero-order valence-electron chi connectivity index (χ0n) is 15.2. The monoisotopic (exact) mass is 370 g/mol. The van der Waals surface area contributed by atoms with Crippen molar-refractivity contribution in [3.63, 3.8) is 0 Å². The number of para-hydroxylation sites is 1. The number of rotatable bonds is 6. The van der Waals surface area contributed by atoms with Crippen LogP contribution in [-0.2, 0) is 17.8 Å². The Balaban J connectivity index is 1.53. The summed E-state index contributed by atoms with van der Waals surface area (Å²) in [5.41, 5.74) is 2.55. The average Bonchev–Trinajstić information content (AvgIpc) is 3.09. The summed E-state index contributed by atoms with van der Waals surface area (Å²) in [7, 11) is 1.66. The summed E-state index contributed by atoms with van der Waals surface area (Å²) < 4.78 is 5.44. The van der Waals surface area contributed by atoms with Gasteiger partial charge in [0.25, 0.3) is 0 Å². The third kappa shape index (κ3) is 3.51. The molecular formula is C21H26N2O2S. The molecule has 1 aromatic carbocycles. The van der Waals surface area contributed by atoms with Crippen LogP contribution in [-0.4, -0.2) is 37.0 Å². The highest BCUT2D eigenvalue weighted by molar-refractivity contribution is 7.07. The second-order valence-corrected chi connectivity index (χ2v) is 8.25. The molecule has 1 aliphatic heterocycles. The first-order chi connectivity index (χ1) is 12.7. The molecule has 1 amide bonds. The van der Waals surface area contributed by atoms with E-state index in [0.717, 1.165) is 37.4 Å². The Kier molecular flexibility index (Phi) is 5.00. The molecular weight excluding hydrogens is 344 g/mol. The van der Waals surface area contributed by atoms with Crippen LogP contribution in [0.3, 0.4) is 0 Å². The summed E-state index contributed by atoms with van der Waals surface area (Å²) in [5, 5.41) is 7.69. The molecule has 2 aromatic rings. The van der Waals surface area contributed by atoms with E-state index in [9.17, 15) is 4.79 Å². The van der Waals surface area contributed by atoms with Crippen molar-refractivity contribution in [2.75, 3.05) is 20.2 Å². The Labute approximate surface area is 159 Å². The van der Waals surface area contributed by atoms with Crippen LogP contribution in [0.1, 0.15) is 30.4 Å². The largest absolute Gasteiger partial charge is 0.496 e. The van der Waals surface area contributed by atoms with Crippen molar-refractivity contribution in [2.24, 2.45) is 5.41 Å². The van der Waals surface area contributed by atoms with Crippen molar-refractivity contribution in [2.45, 2.75) is 38.3 Å². The van der Waals surface area contributed by atoms with Crippen LogP contribution in [0.15, 0.2) is 41.1 Å². The zero-order chi connectivity index (χ0) is 18.0. The molecule has 5 heteroatoms. The molecule has 26 heavy (non-hydrogen) atoms. The van der Waals surface area contributed by atoms with E-state index < -0.39 is 0 Å². The summed E-state index contributed by atoms with van der Waals surface area (Å²) in [6, 6.07) is 10.3. The number of carbonyl (C=O) groups is 1. The molecule has 1 N–H and O–H groups in total. The lowest BCUT2D eigenvalue weighted by Crippen LogP contribution is -2.39. The molecule has 0 unspecified atom stereocenters. The minimum atomic E-state index is 0.209. The number of hydrogen-bond donors (Lipinski definition) is 1. The highest BCUT2D eigenvalue weighted by atomic mass is 32.1. The summed E-state index contributed by atoms with van der Waals surface area (Å²) in [5.74, 6) is 1.00. The fraction of sp³-hybridized carbons (Fsp3) is 0.476. The number of thiophene rings is 1. The van der Waals surface area contributed by atoms with Gasteiger partial charge >= 0.3 is 0 Å². The average molecular weight is 371 g/mol. The van der Waals surface area contributed by atoms with Gasteiger partial charge in [0.2, 0.25) is 5.91 Å². The van der Waals surface area contributed by atoms with Crippen molar-refractivity contribution in [1.29, 1.82) is 0 Å². The van der Waals surface area contributed by atoms with E-state index in [1.807, 2.05) is 24.3 Å². The van der Waals surface area contributed by atoms with Crippen LogP contribution < -0.4 is 10.1 Å². The number of hydrogen-bond acceptors (Lipinski definition) is 4. The van der Waals surface area contributed by atoms with E-state index in [1.54, 1.807) is 18.4 Å². The first-order valence-corrected chi connectivity index (χ1v) is 10.3. The molecule has 0 bridgehead atoms. The Bertz CT molecular complexity index is 753. The van der Waals surface area contributed by atoms with Gasteiger partial charge in [0.15, 0.2) is 0 Å². The summed E-state index contributed by atoms with van der Waals surface area (Å²) in [6.45, 7) is 2.87. The van der Waals surface area contributed by atoms with Crippen molar-refractivity contribution in [3.8, 4) is 5.75 Å². The number of amides is 1. The molecule has 1 saturated heterocycles. The van der Waals surface area contributed by atoms with Crippen LogP contribution >= 0.6 is 11.3 Å². The lowest BCUT2D eigenvalue weighted by atomic mass is 9.93. The van der Waals surface area contributed by atoms with E-state index in [1.165, 1.54) is 18.4 Å². The van der Waals surface area contributed by atoms with Crippen LogP contribution in [0.4, 0.5) is 0 Å². The van der Waals surface area contributed by atoms with Crippen LogP contribution in [0.5, 0.6) is 5.75 Å². The highest BCUT2D eigenvalue weighted by Crippen LogP contribution is 2.56. The molecule has 4 rings (SSSR count). The first-order valence-electron chi connectivity index (χ1n) is 9.35. The highest BCUT2D eigenvalue weighted by Gasteiger charge is 2.57. The van der Waals surface area contributed by atoms with E-state index >= 15 is 0 Å². The number of carbonyl (C=O) groups excluding carboxylic acids is 1. The lowest BCUT2D eigenvalue weighted by molar-refractivity contribution is -0.132. The molecule has 2 fully saturated rings. The second kappa shape index (κ2) is 7.41. The van der Waals surface area contributed by atoms with Gasteiger partial charge in [0, 0.05) is 18.2 Å². The maximum atomic E-state index is 13.3. The normalized spacial score (nSPS) is 20.7. The van der Waals surface area contributed by atoms with Gasteiger partial charge in [-0.3, -0.25) is 4.79 Å². The van der Waals surface area contributed by atoms with Gasteiger partial charge in [0.05, 0.1) is 13.5 Å². The van der Waals surface area contributed by atoms with Gasteiger partial charge < -0.3 is 15.0 Å². The maximum Gasteiger partial charge on any atom is 0.227 e. The van der Waals surface area contributed by atoms with Gasteiger partial charge in [-0.1, -0.05) is 18.2 Å². The predicted molar refractivity (Wildman–Crippen MR) is 105 cm³/mol. The molecule has 2 heterocycles. The minimum Gasteiger partial charge on any atom is -0.496 e. The van der Waals surface area contributed by atoms with Crippen molar-refractivity contribution < 1.29 is 9.53 Å². The minimum absolute atomic E-state index is 0.209. The summed E-state index contributed by atoms with van der Waals surface area (Å²) in [4.78, 5) is 15.4. The van der Waals surface area contributed by atoms with E-state index in [2.05, 4.69) is 27.0 Å². The Morgan fingerprint density at radius 2 is 2.12 bits per heavy atom. The smallest absolute Gasteiger partial charge is 0.227 e. The van der Waals surface area contributed by atoms with Crippen LogP contribution in [0, 0.1) is 5.41 Å². The second-order valence-electron chi connectivity index (χ2n) is 7.47. The molecule has 1 aromatic heterocycles. The maximum absolute atomic E-state index is 13.3. The lowest BCUT2D eigenvalue weighted by Gasteiger charge is -2.30. The Hall–Kier alpha value is -1.85. The molecule has 1 aliphatic carbocycles. The van der Waals surface area contributed by atoms with Crippen LogP contribution in [0.25, 0.3) is 0 Å². The number of piperidine rings is 1. The molecule has 0 radical (unpaired) electrons. The van der Waals surface area contributed by atoms with Gasteiger partial charge in [-0.15, -0.1) is 0 Å².